The molecule has 1 aromatic heterocycles. The molecule has 28 heavy (non-hydrogen) atoms. The molecule has 1 fully saturated rings. The summed E-state index contributed by atoms with van der Waals surface area (Å²) in [4.78, 5) is 13.1. The molecular weight excluding hydrogens is 469 g/mol. The van der Waals surface area contributed by atoms with Crippen molar-refractivity contribution < 1.29 is 9.47 Å². The van der Waals surface area contributed by atoms with E-state index in [1.807, 2.05) is 31.3 Å². The Hall–Kier alpha value is -2.23. The van der Waals surface area contributed by atoms with E-state index in [9.17, 15) is 0 Å². The Morgan fingerprint density at radius 2 is 1.86 bits per heavy atom. The summed E-state index contributed by atoms with van der Waals surface area (Å²) in [6, 6.07) is 12.0. The molecule has 1 aliphatic heterocycles. The van der Waals surface area contributed by atoms with Crippen molar-refractivity contribution in [1.82, 2.24) is 15.2 Å². The number of benzene rings is 1. The van der Waals surface area contributed by atoms with Crippen molar-refractivity contribution in [2.75, 3.05) is 58.4 Å². The third kappa shape index (κ3) is 6.15. The Morgan fingerprint density at radius 1 is 1.11 bits per heavy atom. The molecule has 152 valence electrons. The van der Waals surface area contributed by atoms with Crippen molar-refractivity contribution in [3.63, 3.8) is 0 Å². The van der Waals surface area contributed by atoms with Crippen LogP contribution in [0.15, 0.2) is 53.8 Å². The first-order valence-electron chi connectivity index (χ1n) is 9.17. The molecule has 1 aliphatic rings. The van der Waals surface area contributed by atoms with Crippen molar-refractivity contribution in [2.24, 2.45) is 4.99 Å². The zero-order valence-corrected chi connectivity index (χ0v) is 18.7. The molecule has 0 saturated carbocycles. The number of anilines is 1. The van der Waals surface area contributed by atoms with Gasteiger partial charge in [0.15, 0.2) is 5.96 Å². The van der Waals surface area contributed by atoms with Crippen molar-refractivity contribution in [2.45, 2.75) is 0 Å². The van der Waals surface area contributed by atoms with E-state index in [2.05, 4.69) is 37.2 Å². The van der Waals surface area contributed by atoms with Gasteiger partial charge in [0.1, 0.15) is 18.1 Å². The summed E-state index contributed by atoms with van der Waals surface area (Å²) in [7, 11) is 3.51. The summed E-state index contributed by atoms with van der Waals surface area (Å²) in [6.07, 6.45) is 3.45. The van der Waals surface area contributed by atoms with Gasteiger partial charge in [0.2, 0.25) is 0 Å². The van der Waals surface area contributed by atoms with Gasteiger partial charge in [-0.2, -0.15) is 0 Å². The molecule has 1 N–H and O–H groups in total. The van der Waals surface area contributed by atoms with Crippen LogP contribution in [-0.4, -0.2) is 69.3 Å². The van der Waals surface area contributed by atoms with Gasteiger partial charge in [0.05, 0.1) is 19.9 Å². The Bertz CT molecular complexity index is 719. The fraction of sp³-hybridized carbons (Fsp3) is 0.400. The van der Waals surface area contributed by atoms with E-state index < -0.39 is 0 Å². The molecule has 2 heterocycles. The van der Waals surface area contributed by atoms with Crippen molar-refractivity contribution >= 4 is 35.6 Å². The Kier molecular flexibility index (Phi) is 9.12. The number of halogens is 1. The molecule has 0 aliphatic carbocycles. The van der Waals surface area contributed by atoms with E-state index >= 15 is 0 Å². The van der Waals surface area contributed by atoms with Crippen LogP contribution in [0.1, 0.15) is 0 Å². The Morgan fingerprint density at radius 3 is 2.46 bits per heavy atom. The molecule has 1 saturated heterocycles. The van der Waals surface area contributed by atoms with E-state index in [4.69, 9.17) is 9.47 Å². The van der Waals surface area contributed by atoms with Crippen LogP contribution >= 0.6 is 24.0 Å². The van der Waals surface area contributed by atoms with Crippen LogP contribution in [0.3, 0.4) is 0 Å². The van der Waals surface area contributed by atoms with E-state index in [0.717, 1.165) is 43.6 Å². The van der Waals surface area contributed by atoms with Crippen molar-refractivity contribution in [1.29, 1.82) is 0 Å². The summed E-state index contributed by atoms with van der Waals surface area (Å²) in [6.45, 7) is 5.03. The topological polar surface area (TPSA) is 62.2 Å². The average molecular weight is 497 g/mol. The van der Waals surface area contributed by atoms with Gasteiger partial charge in [0, 0.05) is 45.1 Å². The first kappa shape index (κ1) is 22.1. The number of hydrogen-bond donors (Lipinski definition) is 1. The van der Waals surface area contributed by atoms with Crippen LogP contribution < -0.4 is 19.7 Å². The van der Waals surface area contributed by atoms with Crippen LogP contribution in [-0.2, 0) is 0 Å². The molecule has 3 rings (SSSR count). The summed E-state index contributed by atoms with van der Waals surface area (Å²) in [5.74, 6) is 2.58. The molecule has 1 aromatic carbocycles. The third-order valence-electron chi connectivity index (χ3n) is 4.52. The second kappa shape index (κ2) is 11.6. The fourth-order valence-electron chi connectivity index (χ4n) is 3.07. The smallest absolute Gasteiger partial charge is 0.193 e. The largest absolute Gasteiger partial charge is 0.497 e. The highest BCUT2D eigenvalue weighted by Crippen LogP contribution is 2.20. The highest BCUT2D eigenvalue weighted by molar-refractivity contribution is 14.0. The van der Waals surface area contributed by atoms with Crippen LogP contribution in [0.4, 0.5) is 5.69 Å². The Balaban J connectivity index is 0.00000280. The standard InChI is InChI=1S/C20H27N5O2.HI/c1-21-20(23-10-15-27-19-4-3-9-22-16-19)25-13-11-24(12-14-25)17-5-7-18(26-2)8-6-17;/h3-9,16H,10-15H2,1-2H3,(H,21,23);1H. The number of guanidine groups is 1. The SMILES string of the molecule is CN=C(NCCOc1cccnc1)N1CCN(c2ccc(OC)cc2)CC1.I. The van der Waals surface area contributed by atoms with Crippen molar-refractivity contribution in [3.8, 4) is 11.5 Å². The van der Waals surface area contributed by atoms with Gasteiger partial charge in [-0.1, -0.05) is 0 Å². The van der Waals surface area contributed by atoms with Gasteiger partial charge in [-0.25, -0.2) is 0 Å². The third-order valence-corrected chi connectivity index (χ3v) is 4.52. The molecule has 0 spiro atoms. The van der Waals surface area contributed by atoms with Gasteiger partial charge < -0.3 is 24.6 Å². The number of nitrogens with zero attached hydrogens (tertiary/aromatic N) is 4. The number of hydrogen-bond acceptors (Lipinski definition) is 5. The quantitative estimate of drug-likeness (QED) is 0.287. The molecule has 0 amide bonds. The molecule has 8 heteroatoms. The van der Waals surface area contributed by atoms with E-state index in [1.54, 1.807) is 19.5 Å². The molecule has 0 bridgehead atoms. The van der Waals surface area contributed by atoms with E-state index in [-0.39, 0.29) is 24.0 Å². The summed E-state index contributed by atoms with van der Waals surface area (Å²) >= 11 is 0. The molecular formula is C20H28IN5O2. The van der Waals surface area contributed by atoms with Gasteiger partial charge >= 0.3 is 0 Å². The van der Waals surface area contributed by atoms with E-state index in [1.165, 1.54) is 5.69 Å². The minimum Gasteiger partial charge on any atom is -0.497 e. The highest BCUT2D eigenvalue weighted by atomic mass is 127. The monoisotopic (exact) mass is 497 g/mol. The number of methoxy groups -OCH3 is 1. The Labute approximate surface area is 183 Å². The zero-order valence-electron chi connectivity index (χ0n) is 16.4. The predicted molar refractivity (Wildman–Crippen MR) is 123 cm³/mol. The van der Waals surface area contributed by atoms with Crippen LogP contribution in [0.5, 0.6) is 11.5 Å². The number of nitrogens with one attached hydrogen (secondary N) is 1. The average Bonchev–Trinajstić information content (AvgIpc) is 2.75. The minimum absolute atomic E-state index is 0. The van der Waals surface area contributed by atoms with Crippen LogP contribution in [0.2, 0.25) is 0 Å². The van der Waals surface area contributed by atoms with Gasteiger partial charge in [0.25, 0.3) is 0 Å². The molecule has 0 unspecified atom stereocenters. The normalized spacial score (nSPS) is 14.3. The van der Waals surface area contributed by atoms with Crippen molar-refractivity contribution in [3.05, 3.63) is 48.8 Å². The summed E-state index contributed by atoms with van der Waals surface area (Å²) < 4.78 is 10.9. The minimum atomic E-state index is 0. The first-order chi connectivity index (χ1) is 13.3. The van der Waals surface area contributed by atoms with E-state index in [0.29, 0.717) is 13.2 Å². The number of pyridine rings is 1. The highest BCUT2D eigenvalue weighted by Gasteiger charge is 2.19. The lowest BCUT2D eigenvalue weighted by molar-refractivity contribution is 0.314. The number of piperazine rings is 1. The number of rotatable bonds is 6. The summed E-state index contributed by atoms with van der Waals surface area (Å²) in [5.41, 5.74) is 1.23. The second-order valence-corrected chi connectivity index (χ2v) is 6.18. The fourth-order valence-corrected chi connectivity index (χ4v) is 3.07. The second-order valence-electron chi connectivity index (χ2n) is 6.18. The van der Waals surface area contributed by atoms with Gasteiger partial charge in [-0.3, -0.25) is 9.98 Å². The maximum atomic E-state index is 5.67. The first-order valence-corrected chi connectivity index (χ1v) is 9.17. The summed E-state index contributed by atoms with van der Waals surface area (Å²) in [5, 5.41) is 3.37. The van der Waals surface area contributed by atoms with Gasteiger partial charge in [-0.15, -0.1) is 24.0 Å². The number of aliphatic imine (C=N–C) groups is 1. The lowest BCUT2D eigenvalue weighted by Gasteiger charge is -2.37. The number of aromatic nitrogens is 1. The zero-order chi connectivity index (χ0) is 18.9. The predicted octanol–water partition coefficient (Wildman–Crippen LogP) is 2.48. The molecule has 0 radical (unpaired) electrons. The molecule has 0 atom stereocenters. The van der Waals surface area contributed by atoms with Gasteiger partial charge in [-0.05, 0) is 36.4 Å². The number of ether oxygens (including phenoxy) is 2. The molecule has 2 aromatic rings. The maximum absolute atomic E-state index is 5.67. The van der Waals surface area contributed by atoms with Crippen LogP contribution in [0, 0.1) is 0 Å². The van der Waals surface area contributed by atoms with Crippen LogP contribution in [0.25, 0.3) is 0 Å². The molecule has 7 nitrogen and oxygen atoms in total. The lowest BCUT2D eigenvalue weighted by atomic mass is 10.2. The lowest BCUT2D eigenvalue weighted by Crippen LogP contribution is -2.53. The maximum Gasteiger partial charge on any atom is 0.193 e.